The molecular weight excluding hydrogens is 414 g/mol. The van der Waals surface area contributed by atoms with E-state index in [1.807, 2.05) is 13.8 Å². The molecule has 0 radical (unpaired) electrons. The van der Waals surface area contributed by atoms with E-state index >= 15 is 0 Å². The molecule has 0 aromatic heterocycles. The Morgan fingerprint density at radius 3 is 2.48 bits per heavy atom. The number of anilines is 1. The second kappa shape index (κ2) is 16.5. The first-order chi connectivity index (χ1) is 15.9. The molecule has 7 heteroatoms. The van der Waals surface area contributed by atoms with Gasteiger partial charge in [0.25, 0.3) is 0 Å². The van der Waals surface area contributed by atoms with Crippen molar-refractivity contribution in [3.63, 3.8) is 0 Å². The molecule has 1 heterocycles. The van der Waals surface area contributed by atoms with Gasteiger partial charge in [0.15, 0.2) is 0 Å². The fourth-order valence-corrected chi connectivity index (χ4v) is 4.08. The highest BCUT2D eigenvalue weighted by atomic mass is 16.5. The number of nitrogens with one attached hydrogen (secondary N) is 2. The summed E-state index contributed by atoms with van der Waals surface area (Å²) in [6.07, 6.45) is 2.98. The van der Waals surface area contributed by atoms with Gasteiger partial charge in [0.05, 0.1) is 12.8 Å². The minimum Gasteiger partial charge on any atom is -0.370 e. The molecule has 1 aliphatic heterocycles. The minimum atomic E-state index is -0.513. The molecule has 1 aromatic rings. The van der Waals surface area contributed by atoms with Gasteiger partial charge in [-0.3, -0.25) is 10.1 Å². The van der Waals surface area contributed by atoms with Gasteiger partial charge >= 0.3 is 0 Å². The van der Waals surface area contributed by atoms with E-state index in [2.05, 4.69) is 71.7 Å². The normalized spacial score (nSPS) is 17.1. The molecular formula is C26H45N5O2. The average Bonchev–Trinajstić information content (AvgIpc) is 3.03. The van der Waals surface area contributed by atoms with Crippen LogP contribution in [0, 0.1) is 17.2 Å². The van der Waals surface area contributed by atoms with Gasteiger partial charge in [-0.25, -0.2) is 0 Å². The maximum atomic E-state index is 12.4. The number of rotatable bonds is 11. The topological polar surface area (TPSA) is 80.6 Å². The number of nitrogens with zero attached hydrogens (tertiary/aromatic N) is 3. The molecule has 1 unspecified atom stereocenters. The number of amides is 1. The zero-order valence-electron chi connectivity index (χ0n) is 21.6. The van der Waals surface area contributed by atoms with Crippen LogP contribution in [0.2, 0.25) is 0 Å². The number of methoxy groups -OCH3 is 1. The van der Waals surface area contributed by atoms with Gasteiger partial charge in [-0.15, -0.1) is 0 Å². The highest BCUT2D eigenvalue weighted by Gasteiger charge is 2.17. The summed E-state index contributed by atoms with van der Waals surface area (Å²) in [4.78, 5) is 17.2. The lowest BCUT2D eigenvalue weighted by atomic mass is 9.98. The predicted octanol–water partition coefficient (Wildman–Crippen LogP) is 3.40. The van der Waals surface area contributed by atoms with E-state index < -0.39 is 6.04 Å². The summed E-state index contributed by atoms with van der Waals surface area (Å²) in [6, 6.07) is 10.4. The SMILES string of the molecule is CC.COCN[C@H](C)C[C@H](C)CC(=O)NC(C#N)Cc1ccc(N2CCCN(C)CC2)cc1. The van der Waals surface area contributed by atoms with E-state index in [0.29, 0.717) is 19.6 Å². The van der Waals surface area contributed by atoms with Crippen molar-refractivity contribution in [3.8, 4) is 6.07 Å². The highest BCUT2D eigenvalue weighted by molar-refractivity contribution is 5.76. The number of nitriles is 1. The lowest BCUT2D eigenvalue weighted by Crippen LogP contribution is -2.37. The van der Waals surface area contributed by atoms with Gasteiger partial charge in [0, 0.05) is 51.3 Å². The lowest BCUT2D eigenvalue weighted by molar-refractivity contribution is -0.122. The summed E-state index contributed by atoms with van der Waals surface area (Å²) in [5, 5.41) is 15.7. The van der Waals surface area contributed by atoms with Crippen LogP contribution in [0.1, 0.15) is 52.5 Å². The standard InChI is InChI=1S/C24H39N5O2.C2H6/c1-19(14-20(2)26-18-31-4)15-24(30)27-22(17-25)16-21-6-8-23(9-7-21)29-11-5-10-28(3)12-13-29;1-2/h6-9,19-20,22,26H,5,10-16,18H2,1-4H3,(H,27,30);1-2H3/t19-,20+,22?;/m0./s1. The molecule has 2 N–H and O–H groups in total. The Morgan fingerprint density at radius 2 is 1.85 bits per heavy atom. The quantitative estimate of drug-likeness (QED) is 0.494. The molecule has 0 saturated carbocycles. The second-order valence-electron chi connectivity index (χ2n) is 8.85. The van der Waals surface area contributed by atoms with Gasteiger partial charge < -0.3 is 19.9 Å². The van der Waals surface area contributed by atoms with Crippen molar-refractivity contribution >= 4 is 11.6 Å². The fraction of sp³-hybridized carbons (Fsp3) is 0.692. The van der Waals surface area contributed by atoms with Gasteiger partial charge in [0.1, 0.15) is 6.04 Å². The van der Waals surface area contributed by atoms with Crippen LogP contribution in [0.5, 0.6) is 0 Å². The van der Waals surface area contributed by atoms with Crippen molar-refractivity contribution in [1.82, 2.24) is 15.5 Å². The molecule has 2 rings (SSSR count). The van der Waals surface area contributed by atoms with Gasteiger partial charge in [-0.05, 0) is 57.0 Å². The maximum absolute atomic E-state index is 12.4. The molecule has 0 spiro atoms. The second-order valence-corrected chi connectivity index (χ2v) is 8.85. The summed E-state index contributed by atoms with van der Waals surface area (Å²) in [5.41, 5.74) is 2.29. The summed E-state index contributed by atoms with van der Waals surface area (Å²) in [5.74, 6) is 0.161. The van der Waals surface area contributed by atoms with E-state index in [-0.39, 0.29) is 17.9 Å². The van der Waals surface area contributed by atoms with Gasteiger partial charge in [0.2, 0.25) is 5.91 Å². The zero-order chi connectivity index (χ0) is 24.6. The Bertz CT molecular complexity index is 704. The number of carbonyl (C=O) groups is 1. The third-order valence-corrected chi connectivity index (χ3v) is 5.82. The number of benzene rings is 1. The zero-order valence-corrected chi connectivity index (χ0v) is 21.6. The monoisotopic (exact) mass is 459 g/mol. The van der Waals surface area contributed by atoms with Crippen molar-refractivity contribution in [3.05, 3.63) is 29.8 Å². The third kappa shape index (κ3) is 11.5. The Labute approximate surface area is 201 Å². The first-order valence-corrected chi connectivity index (χ1v) is 12.3. The fourth-order valence-electron chi connectivity index (χ4n) is 4.08. The summed E-state index contributed by atoms with van der Waals surface area (Å²) >= 11 is 0. The number of likely N-dealkylation sites (N-methyl/N-ethyl adjacent to an activating group) is 1. The van der Waals surface area contributed by atoms with Crippen molar-refractivity contribution in [2.75, 3.05) is 52.0 Å². The number of hydrogen-bond acceptors (Lipinski definition) is 6. The van der Waals surface area contributed by atoms with E-state index in [9.17, 15) is 10.1 Å². The van der Waals surface area contributed by atoms with Crippen molar-refractivity contribution < 1.29 is 9.53 Å². The van der Waals surface area contributed by atoms with E-state index in [1.165, 1.54) is 12.1 Å². The third-order valence-electron chi connectivity index (χ3n) is 5.82. The molecule has 3 atom stereocenters. The minimum absolute atomic E-state index is 0.0664. The van der Waals surface area contributed by atoms with Crippen LogP contribution >= 0.6 is 0 Å². The molecule has 1 aromatic carbocycles. The highest BCUT2D eigenvalue weighted by Crippen LogP contribution is 2.18. The van der Waals surface area contributed by atoms with E-state index in [1.54, 1.807) is 7.11 Å². The van der Waals surface area contributed by atoms with Crippen LogP contribution in [0.4, 0.5) is 5.69 Å². The average molecular weight is 460 g/mol. The van der Waals surface area contributed by atoms with E-state index in [0.717, 1.165) is 38.2 Å². The van der Waals surface area contributed by atoms with Crippen LogP contribution in [0.3, 0.4) is 0 Å². The molecule has 1 amide bonds. The Hall–Kier alpha value is -2.14. The van der Waals surface area contributed by atoms with Crippen LogP contribution in [0.25, 0.3) is 0 Å². The van der Waals surface area contributed by atoms with Crippen LogP contribution in [-0.2, 0) is 16.0 Å². The molecule has 1 aliphatic rings. The van der Waals surface area contributed by atoms with Crippen LogP contribution in [0.15, 0.2) is 24.3 Å². The summed E-state index contributed by atoms with van der Waals surface area (Å²) in [7, 11) is 3.82. The van der Waals surface area contributed by atoms with Crippen LogP contribution < -0.4 is 15.5 Å². The smallest absolute Gasteiger partial charge is 0.221 e. The van der Waals surface area contributed by atoms with E-state index in [4.69, 9.17) is 4.74 Å². The Morgan fingerprint density at radius 1 is 1.15 bits per heavy atom. The Balaban J connectivity index is 0.00000265. The maximum Gasteiger partial charge on any atom is 0.221 e. The Kier molecular flexibility index (Phi) is 14.4. The molecule has 1 fully saturated rings. The van der Waals surface area contributed by atoms with Crippen LogP contribution in [-0.4, -0.2) is 70.0 Å². The first kappa shape index (κ1) is 28.9. The summed E-state index contributed by atoms with van der Waals surface area (Å²) in [6.45, 7) is 13.0. The molecule has 186 valence electrons. The summed E-state index contributed by atoms with van der Waals surface area (Å²) < 4.78 is 5.02. The molecule has 1 saturated heterocycles. The molecule has 33 heavy (non-hydrogen) atoms. The number of ether oxygens (including phenoxy) is 1. The number of hydrogen-bond donors (Lipinski definition) is 2. The molecule has 0 aliphatic carbocycles. The largest absolute Gasteiger partial charge is 0.370 e. The number of carbonyl (C=O) groups excluding carboxylic acids is 1. The molecule has 7 nitrogen and oxygen atoms in total. The first-order valence-electron chi connectivity index (χ1n) is 12.3. The predicted molar refractivity (Wildman–Crippen MR) is 136 cm³/mol. The van der Waals surface area contributed by atoms with Crippen molar-refractivity contribution in [2.24, 2.45) is 5.92 Å². The molecule has 0 bridgehead atoms. The van der Waals surface area contributed by atoms with Crippen molar-refractivity contribution in [1.29, 1.82) is 5.26 Å². The van der Waals surface area contributed by atoms with Gasteiger partial charge in [-0.1, -0.05) is 32.9 Å². The lowest BCUT2D eigenvalue weighted by Gasteiger charge is -2.23. The van der Waals surface area contributed by atoms with Crippen molar-refractivity contribution in [2.45, 2.75) is 65.5 Å². The van der Waals surface area contributed by atoms with Gasteiger partial charge in [-0.2, -0.15) is 5.26 Å².